The van der Waals surface area contributed by atoms with E-state index in [1.165, 1.54) is 31.2 Å². The molecule has 2 aromatic rings. The summed E-state index contributed by atoms with van der Waals surface area (Å²) < 4.78 is 5.70. The third kappa shape index (κ3) is 6.87. The summed E-state index contributed by atoms with van der Waals surface area (Å²) in [4.78, 5) is 0. The van der Waals surface area contributed by atoms with Crippen LogP contribution in [0, 0.1) is 0 Å². The summed E-state index contributed by atoms with van der Waals surface area (Å²) in [6.07, 6.45) is 6.93. The molecule has 25 heavy (non-hydrogen) atoms. The largest absolute Gasteiger partial charge is 0.492 e. The van der Waals surface area contributed by atoms with Crippen molar-refractivity contribution >= 4 is 23.0 Å². The molecule has 134 valence electrons. The fraction of sp³-hybridized carbons (Fsp3) is 0.429. The highest BCUT2D eigenvalue weighted by atomic mass is 35.5. The van der Waals surface area contributed by atoms with E-state index in [1.54, 1.807) is 6.07 Å². The maximum atomic E-state index is 6.27. The molecule has 0 fully saturated rings. The lowest BCUT2D eigenvalue weighted by Crippen LogP contribution is -1.97. The van der Waals surface area contributed by atoms with Crippen molar-refractivity contribution in [1.82, 2.24) is 0 Å². The van der Waals surface area contributed by atoms with Crippen molar-refractivity contribution < 1.29 is 4.74 Å². The third-order valence-electron chi connectivity index (χ3n) is 3.96. The lowest BCUT2D eigenvalue weighted by molar-refractivity contribution is 0.306. The molecule has 0 amide bonds. The topological polar surface area (TPSA) is 34.0 Å². The first-order valence-electron chi connectivity index (χ1n) is 9.16. The number of ether oxygens (including phenoxy) is 1. The highest BCUT2D eigenvalue weighted by Gasteiger charge is 2.03. The van der Waals surface area contributed by atoms with Crippen LogP contribution in [0.25, 0.3) is 0 Å². The third-order valence-corrected chi connectivity index (χ3v) is 4.25. The summed E-state index contributed by atoms with van der Waals surface area (Å²) in [5, 5.41) is 9.12. The van der Waals surface area contributed by atoms with Crippen molar-refractivity contribution in [3.8, 4) is 5.75 Å². The second kappa shape index (κ2) is 10.9. The lowest BCUT2D eigenvalue weighted by Gasteiger charge is -2.07. The van der Waals surface area contributed by atoms with E-state index in [9.17, 15) is 0 Å². The Morgan fingerprint density at radius 1 is 0.840 bits per heavy atom. The first-order valence-corrected chi connectivity index (χ1v) is 9.53. The quantitative estimate of drug-likeness (QED) is 0.317. The molecule has 0 spiro atoms. The molecule has 0 heterocycles. The van der Waals surface area contributed by atoms with Crippen LogP contribution >= 0.6 is 11.6 Å². The maximum Gasteiger partial charge on any atom is 0.138 e. The Hall–Kier alpha value is -1.87. The number of halogens is 1. The van der Waals surface area contributed by atoms with Gasteiger partial charge >= 0.3 is 0 Å². The van der Waals surface area contributed by atoms with E-state index in [-0.39, 0.29) is 0 Å². The molecule has 0 aliphatic carbocycles. The van der Waals surface area contributed by atoms with Crippen LogP contribution in [0.4, 0.5) is 11.4 Å². The summed E-state index contributed by atoms with van der Waals surface area (Å²) in [7, 11) is 0. The minimum Gasteiger partial charge on any atom is -0.492 e. The number of benzene rings is 2. The molecule has 2 rings (SSSR count). The Morgan fingerprint density at radius 3 is 2.20 bits per heavy atom. The van der Waals surface area contributed by atoms with Gasteiger partial charge in [0.2, 0.25) is 0 Å². The Labute approximate surface area is 156 Å². The molecule has 4 heteroatoms. The molecule has 0 aromatic heterocycles. The van der Waals surface area contributed by atoms with Gasteiger partial charge in [0.1, 0.15) is 5.75 Å². The second-order valence-corrected chi connectivity index (χ2v) is 6.55. The fourth-order valence-corrected chi connectivity index (χ4v) is 2.66. The highest BCUT2D eigenvalue weighted by Crippen LogP contribution is 2.30. The number of azo groups is 1. The Kier molecular flexibility index (Phi) is 8.47. The fourth-order valence-electron chi connectivity index (χ4n) is 2.43. The van der Waals surface area contributed by atoms with Gasteiger partial charge in [-0.3, -0.25) is 0 Å². The zero-order valence-electron chi connectivity index (χ0n) is 15.2. The summed E-state index contributed by atoms with van der Waals surface area (Å²) in [6, 6.07) is 13.8. The van der Waals surface area contributed by atoms with Gasteiger partial charge in [-0.15, -0.1) is 0 Å². The standard InChI is InChI=1S/C21H27ClN2O/c1-3-5-7-15-25-21-14-13-19(16-20(21)22)24-23-18-11-9-17(10-12-18)8-6-4-2/h9-14,16H,3-8,15H2,1-2H3. The summed E-state index contributed by atoms with van der Waals surface area (Å²) in [6.45, 7) is 5.07. The first kappa shape index (κ1) is 19.5. The van der Waals surface area contributed by atoms with E-state index in [4.69, 9.17) is 16.3 Å². The van der Waals surface area contributed by atoms with E-state index < -0.39 is 0 Å². The van der Waals surface area contributed by atoms with E-state index in [2.05, 4.69) is 36.2 Å². The van der Waals surface area contributed by atoms with E-state index in [1.807, 2.05) is 24.3 Å². The number of nitrogens with zero attached hydrogens (tertiary/aromatic N) is 2. The van der Waals surface area contributed by atoms with Gasteiger partial charge in [0.25, 0.3) is 0 Å². The summed E-state index contributed by atoms with van der Waals surface area (Å²) in [5.74, 6) is 0.706. The van der Waals surface area contributed by atoms with Crippen molar-refractivity contribution in [2.75, 3.05) is 6.61 Å². The van der Waals surface area contributed by atoms with Crippen molar-refractivity contribution in [2.24, 2.45) is 10.2 Å². The molecule has 0 N–H and O–H groups in total. The van der Waals surface area contributed by atoms with Crippen LogP contribution in [-0.4, -0.2) is 6.61 Å². The Bertz CT molecular complexity index is 668. The normalized spacial score (nSPS) is 11.2. The van der Waals surface area contributed by atoms with Gasteiger partial charge in [-0.05, 0) is 55.2 Å². The van der Waals surface area contributed by atoms with Crippen LogP contribution in [-0.2, 0) is 6.42 Å². The minimum absolute atomic E-state index is 0.572. The number of hydrogen-bond acceptors (Lipinski definition) is 3. The molecule has 2 aromatic carbocycles. The molecule has 0 bridgehead atoms. The Morgan fingerprint density at radius 2 is 1.52 bits per heavy atom. The molecule has 3 nitrogen and oxygen atoms in total. The number of unbranched alkanes of at least 4 members (excludes halogenated alkanes) is 3. The smallest absolute Gasteiger partial charge is 0.138 e. The van der Waals surface area contributed by atoms with Crippen LogP contribution in [0.1, 0.15) is 51.5 Å². The molecule has 0 saturated carbocycles. The van der Waals surface area contributed by atoms with Crippen molar-refractivity contribution in [3.05, 3.63) is 53.1 Å². The molecule has 0 atom stereocenters. The van der Waals surface area contributed by atoms with Gasteiger partial charge in [-0.2, -0.15) is 10.2 Å². The van der Waals surface area contributed by atoms with E-state index >= 15 is 0 Å². The zero-order valence-corrected chi connectivity index (χ0v) is 15.9. The van der Waals surface area contributed by atoms with Gasteiger partial charge in [0.05, 0.1) is 23.0 Å². The molecular weight excluding hydrogens is 332 g/mol. The van der Waals surface area contributed by atoms with Gasteiger partial charge in [0, 0.05) is 0 Å². The van der Waals surface area contributed by atoms with Gasteiger partial charge in [0.15, 0.2) is 0 Å². The number of rotatable bonds is 10. The predicted molar refractivity (Wildman–Crippen MR) is 106 cm³/mol. The Balaban J connectivity index is 1.93. The van der Waals surface area contributed by atoms with Gasteiger partial charge in [-0.25, -0.2) is 0 Å². The van der Waals surface area contributed by atoms with Crippen molar-refractivity contribution in [2.45, 2.75) is 52.4 Å². The number of aryl methyl sites for hydroxylation is 1. The SMILES string of the molecule is CCCCCOc1ccc(N=Nc2ccc(CCCC)cc2)cc1Cl. The van der Waals surface area contributed by atoms with Crippen LogP contribution in [0.5, 0.6) is 5.75 Å². The van der Waals surface area contributed by atoms with E-state index in [0.717, 1.165) is 24.2 Å². The monoisotopic (exact) mass is 358 g/mol. The molecule has 0 unspecified atom stereocenters. The van der Waals surface area contributed by atoms with Crippen LogP contribution < -0.4 is 4.74 Å². The van der Waals surface area contributed by atoms with Crippen molar-refractivity contribution in [3.63, 3.8) is 0 Å². The molecule has 0 aliphatic rings. The van der Waals surface area contributed by atoms with Gasteiger partial charge < -0.3 is 4.74 Å². The predicted octanol–water partition coefficient (Wildman–Crippen LogP) is 7.67. The summed E-state index contributed by atoms with van der Waals surface area (Å²) in [5.41, 5.74) is 2.91. The maximum absolute atomic E-state index is 6.27. The first-order chi connectivity index (χ1) is 12.2. The molecule has 0 aliphatic heterocycles. The van der Waals surface area contributed by atoms with Crippen molar-refractivity contribution in [1.29, 1.82) is 0 Å². The zero-order chi connectivity index (χ0) is 17.9. The second-order valence-electron chi connectivity index (χ2n) is 6.14. The van der Waals surface area contributed by atoms with Crippen LogP contribution in [0.3, 0.4) is 0 Å². The number of hydrogen-bond donors (Lipinski definition) is 0. The average molecular weight is 359 g/mol. The molecule has 0 saturated heterocycles. The van der Waals surface area contributed by atoms with Gasteiger partial charge in [-0.1, -0.05) is 56.8 Å². The molecular formula is C21H27ClN2O. The summed E-state index contributed by atoms with van der Waals surface area (Å²) >= 11 is 6.27. The van der Waals surface area contributed by atoms with Crippen LogP contribution in [0.2, 0.25) is 5.02 Å². The average Bonchev–Trinajstić information content (AvgIpc) is 2.64. The van der Waals surface area contributed by atoms with E-state index in [0.29, 0.717) is 17.4 Å². The minimum atomic E-state index is 0.572. The van der Waals surface area contributed by atoms with Crippen LogP contribution in [0.15, 0.2) is 52.7 Å². The molecule has 0 radical (unpaired) electrons. The highest BCUT2D eigenvalue weighted by molar-refractivity contribution is 6.32. The lowest BCUT2D eigenvalue weighted by atomic mass is 10.1.